The predicted octanol–water partition coefficient (Wildman–Crippen LogP) is -0.862. The van der Waals surface area contributed by atoms with Gasteiger partial charge in [0.2, 0.25) is 0 Å². The van der Waals surface area contributed by atoms with Gasteiger partial charge in [-0.2, -0.15) is 0 Å². The van der Waals surface area contributed by atoms with Crippen molar-refractivity contribution in [1.82, 2.24) is 0 Å². The standard InChI is InChI=1S/Ca.2NO3.Zn/c;2*2-1(3)4;/q+2;2*-1;+2. The van der Waals surface area contributed by atoms with E-state index in [4.69, 9.17) is 30.6 Å². The zero-order valence-corrected chi connectivity index (χ0v) is 9.93. The normalized spacial score (nSPS) is 4.80. The topological polar surface area (TPSA) is 132 Å². The number of hydrogen-bond donors (Lipinski definition) is 0. The van der Waals surface area contributed by atoms with E-state index in [0.29, 0.717) is 0 Å². The van der Waals surface area contributed by atoms with Crippen LogP contribution in [-0.4, -0.2) is 47.9 Å². The Morgan fingerprint density at radius 2 is 0.800 bits per heavy atom. The first-order chi connectivity index (χ1) is 3.46. The van der Waals surface area contributed by atoms with Crippen LogP contribution in [0, 0.1) is 30.6 Å². The second-order valence-electron chi connectivity index (χ2n) is 0.447. The third kappa shape index (κ3) is 5480. The summed E-state index contributed by atoms with van der Waals surface area (Å²) in [5, 5.41) is 29.5. The minimum Gasteiger partial charge on any atom is -0.356 e. The molecule has 10 heteroatoms. The van der Waals surface area contributed by atoms with Gasteiger partial charge in [0.25, 0.3) is 0 Å². The number of nitrogens with zero attached hydrogens (tertiary/aromatic N) is 2. The van der Waals surface area contributed by atoms with Gasteiger partial charge in [-0.1, -0.05) is 0 Å². The molecule has 0 saturated carbocycles. The molecule has 0 fully saturated rings. The molecular weight excluding hydrogens is 229 g/mol. The molecule has 0 aliphatic rings. The van der Waals surface area contributed by atoms with Crippen LogP contribution < -0.4 is 0 Å². The third-order valence-corrected chi connectivity index (χ3v) is 0. The van der Waals surface area contributed by atoms with Gasteiger partial charge in [-0.3, -0.25) is 0 Å². The summed E-state index contributed by atoms with van der Waals surface area (Å²) in [7, 11) is 0. The fourth-order valence-corrected chi connectivity index (χ4v) is 0. The molecule has 0 aromatic rings. The fourth-order valence-electron chi connectivity index (χ4n) is 0. The first-order valence-corrected chi connectivity index (χ1v) is 1.10. The van der Waals surface area contributed by atoms with Crippen molar-refractivity contribution >= 4 is 37.7 Å². The van der Waals surface area contributed by atoms with E-state index in [-0.39, 0.29) is 57.2 Å². The summed E-state index contributed by atoms with van der Waals surface area (Å²) < 4.78 is 0. The van der Waals surface area contributed by atoms with Gasteiger partial charge >= 0.3 is 57.2 Å². The number of hydrogen-bond acceptors (Lipinski definition) is 6. The van der Waals surface area contributed by atoms with Gasteiger partial charge in [0, 0.05) is 0 Å². The van der Waals surface area contributed by atoms with Crippen molar-refractivity contribution in [2.24, 2.45) is 0 Å². The molecule has 0 N–H and O–H groups in total. The molecule has 0 bridgehead atoms. The van der Waals surface area contributed by atoms with Crippen molar-refractivity contribution < 1.29 is 29.7 Å². The molecule has 0 heterocycles. The molecule has 10 heavy (non-hydrogen) atoms. The molecule has 0 amide bonds. The fraction of sp³-hybridized carbons (Fsp3) is 0. The van der Waals surface area contributed by atoms with Crippen LogP contribution in [0.15, 0.2) is 0 Å². The van der Waals surface area contributed by atoms with E-state index in [1.807, 2.05) is 0 Å². The van der Waals surface area contributed by atoms with Crippen molar-refractivity contribution in [3.8, 4) is 0 Å². The molecule has 0 atom stereocenters. The van der Waals surface area contributed by atoms with Crippen LogP contribution in [0.3, 0.4) is 0 Å². The van der Waals surface area contributed by atoms with E-state index in [2.05, 4.69) is 0 Å². The van der Waals surface area contributed by atoms with Crippen LogP contribution in [0.4, 0.5) is 0 Å². The minimum absolute atomic E-state index is 0. The van der Waals surface area contributed by atoms with Gasteiger partial charge in [0.1, 0.15) is 0 Å². The molecular formula is CaN2O6Zn+2. The van der Waals surface area contributed by atoms with Gasteiger partial charge < -0.3 is 30.6 Å². The van der Waals surface area contributed by atoms with Crippen LogP contribution in [0.1, 0.15) is 0 Å². The predicted molar refractivity (Wildman–Crippen MR) is 26.5 cm³/mol. The van der Waals surface area contributed by atoms with E-state index in [1.165, 1.54) is 0 Å². The summed E-state index contributed by atoms with van der Waals surface area (Å²) in [5.74, 6) is 0. The van der Waals surface area contributed by atoms with Crippen molar-refractivity contribution in [3.63, 3.8) is 0 Å². The average Bonchev–Trinajstić information content (AvgIpc) is 1.25. The zero-order valence-electron chi connectivity index (χ0n) is 4.76. The molecule has 0 spiro atoms. The van der Waals surface area contributed by atoms with Gasteiger partial charge in [0.05, 0.1) is 10.2 Å². The minimum atomic E-state index is -1.75. The molecule has 0 rings (SSSR count). The monoisotopic (exact) mass is 228 g/mol. The van der Waals surface area contributed by atoms with E-state index >= 15 is 0 Å². The SMILES string of the molecule is O=[N+]([O-])[O-].O=[N+]([O-])[O-].[Ca+2].[Zn+2]. The van der Waals surface area contributed by atoms with Crippen LogP contribution in [-0.2, 0) is 19.5 Å². The molecule has 0 aromatic carbocycles. The largest absolute Gasteiger partial charge is 2.00 e. The molecule has 0 aromatic heterocycles. The van der Waals surface area contributed by atoms with E-state index in [9.17, 15) is 0 Å². The zero-order chi connectivity index (χ0) is 7.15. The Kier molecular flexibility index (Phi) is 36.2. The van der Waals surface area contributed by atoms with Crippen molar-refractivity contribution in [3.05, 3.63) is 30.6 Å². The second kappa shape index (κ2) is 16.1. The Hall–Kier alpha value is 0.283. The number of rotatable bonds is 0. The molecule has 0 radical (unpaired) electrons. The molecule has 0 aliphatic carbocycles. The maximum Gasteiger partial charge on any atom is 2.00 e. The van der Waals surface area contributed by atoms with Gasteiger partial charge in [-0.25, -0.2) is 0 Å². The Bertz CT molecular complexity index is 73.7. The van der Waals surface area contributed by atoms with Crippen molar-refractivity contribution in [2.45, 2.75) is 0 Å². The van der Waals surface area contributed by atoms with Crippen LogP contribution in [0.25, 0.3) is 0 Å². The Labute approximate surface area is 97.2 Å². The summed E-state index contributed by atoms with van der Waals surface area (Å²) in [6, 6.07) is 0. The Morgan fingerprint density at radius 3 is 0.800 bits per heavy atom. The maximum absolute atomic E-state index is 8.25. The van der Waals surface area contributed by atoms with E-state index in [1.54, 1.807) is 0 Å². The van der Waals surface area contributed by atoms with Gasteiger partial charge in [-0.05, 0) is 0 Å². The first kappa shape index (κ1) is 22.4. The van der Waals surface area contributed by atoms with Crippen molar-refractivity contribution in [2.75, 3.05) is 0 Å². The summed E-state index contributed by atoms with van der Waals surface area (Å²) in [5.41, 5.74) is 0. The first-order valence-electron chi connectivity index (χ1n) is 1.10. The molecule has 0 saturated heterocycles. The van der Waals surface area contributed by atoms with Crippen LogP contribution in [0.2, 0.25) is 0 Å². The summed E-state index contributed by atoms with van der Waals surface area (Å²) in [6.45, 7) is 0. The molecule has 0 aliphatic heterocycles. The molecule has 48 valence electrons. The summed E-state index contributed by atoms with van der Waals surface area (Å²) in [4.78, 5) is 16.5. The van der Waals surface area contributed by atoms with Crippen LogP contribution in [0.5, 0.6) is 0 Å². The average molecular weight is 229 g/mol. The van der Waals surface area contributed by atoms with E-state index in [0.717, 1.165) is 0 Å². The second-order valence-corrected chi connectivity index (χ2v) is 0.447. The third-order valence-electron chi connectivity index (χ3n) is 0. The maximum atomic E-state index is 8.25. The Balaban J connectivity index is -0.0000000300. The quantitative estimate of drug-likeness (QED) is 0.301. The smallest absolute Gasteiger partial charge is 0.356 e. The summed E-state index contributed by atoms with van der Waals surface area (Å²) >= 11 is 0. The van der Waals surface area contributed by atoms with Gasteiger partial charge in [-0.15, -0.1) is 0 Å². The molecule has 0 unspecified atom stereocenters. The van der Waals surface area contributed by atoms with Crippen LogP contribution >= 0.6 is 0 Å². The van der Waals surface area contributed by atoms with Gasteiger partial charge in [0.15, 0.2) is 0 Å². The van der Waals surface area contributed by atoms with E-state index < -0.39 is 10.2 Å². The Morgan fingerprint density at radius 1 is 0.800 bits per heavy atom. The van der Waals surface area contributed by atoms with Crippen molar-refractivity contribution in [1.29, 1.82) is 0 Å². The summed E-state index contributed by atoms with van der Waals surface area (Å²) in [6.07, 6.45) is 0. The molecule has 8 nitrogen and oxygen atoms in total.